The summed E-state index contributed by atoms with van der Waals surface area (Å²) >= 11 is 3.43. The van der Waals surface area contributed by atoms with E-state index in [0.717, 1.165) is 15.7 Å². The van der Waals surface area contributed by atoms with Gasteiger partial charge in [0.15, 0.2) is 0 Å². The van der Waals surface area contributed by atoms with Gasteiger partial charge in [0.1, 0.15) is 5.82 Å². The molecule has 1 nitrogen and oxygen atoms in total. The molecule has 0 fully saturated rings. The van der Waals surface area contributed by atoms with Crippen LogP contribution < -0.4 is 5.32 Å². The van der Waals surface area contributed by atoms with Crippen LogP contribution in [0.2, 0.25) is 0 Å². The van der Waals surface area contributed by atoms with Crippen LogP contribution in [-0.2, 0) is 0 Å². The normalized spacial score (nSPS) is 12.2. The molecule has 0 aliphatic rings. The first-order chi connectivity index (χ1) is 8.58. The van der Waals surface area contributed by atoms with Gasteiger partial charge in [-0.3, -0.25) is 0 Å². The van der Waals surface area contributed by atoms with Crippen LogP contribution in [0.25, 0.3) is 0 Å². The highest BCUT2D eigenvalue weighted by Crippen LogP contribution is 2.25. The van der Waals surface area contributed by atoms with Crippen molar-refractivity contribution in [3.63, 3.8) is 0 Å². The average molecular weight is 308 g/mol. The molecule has 3 heteroatoms. The van der Waals surface area contributed by atoms with Gasteiger partial charge in [-0.2, -0.15) is 0 Å². The van der Waals surface area contributed by atoms with Gasteiger partial charge in [-0.05, 0) is 43.7 Å². The Balaban J connectivity index is 2.21. The summed E-state index contributed by atoms with van der Waals surface area (Å²) in [5.74, 6) is -0.174. The van der Waals surface area contributed by atoms with E-state index in [1.165, 1.54) is 6.07 Å². The van der Waals surface area contributed by atoms with Crippen LogP contribution in [0.15, 0.2) is 46.9 Å². The van der Waals surface area contributed by atoms with Crippen molar-refractivity contribution in [2.45, 2.75) is 19.9 Å². The number of aryl methyl sites for hydroxylation is 1. The van der Waals surface area contributed by atoms with Gasteiger partial charge in [0.05, 0.1) is 6.04 Å². The van der Waals surface area contributed by atoms with E-state index in [1.54, 1.807) is 12.1 Å². The molecule has 0 radical (unpaired) electrons. The van der Waals surface area contributed by atoms with E-state index in [2.05, 4.69) is 21.2 Å². The summed E-state index contributed by atoms with van der Waals surface area (Å²) in [6.45, 7) is 3.99. The maximum atomic E-state index is 13.7. The molecular weight excluding hydrogens is 293 g/mol. The number of hydrogen-bond acceptors (Lipinski definition) is 1. The van der Waals surface area contributed by atoms with Gasteiger partial charge in [0.25, 0.3) is 0 Å². The van der Waals surface area contributed by atoms with E-state index in [1.807, 2.05) is 38.1 Å². The molecule has 0 aliphatic heterocycles. The predicted molar refractivity (Wildman–Crippen MR) is 77.3 cm³/mol. The molecule has 1 atom stereocenters. The molecule has 1 unspecified atom stereocenters. The number of rotatable bonds is 3. The molecular formula is C15H15BrFN. The second-order valence-corrected chi connectivity index (χ2v) is 5.26. The van der Waals surface area contributed by atoms with Crippen molar-refractivity contribution < 1.29 is 4.39 Å². The molecule has 0 aliphatic carbocycles. The monoisotopic (exact) mass is 307 g/mol. The molecule has 0 aromatic heterocycles. The van der Waals surface area contributed by atoms with Crippen LogP contribution in [-0.4, -0.2) is 0 Å². The molecule has 2 rings (SSSR count). The van der Waals surface area contributed by atoms with Gasteiger partial charge >= 0.3 is 0 Å². The smallest absolute Gasteiger partial charge is 0.128 e. The summed E-state index contributed by atoms with van der Waals surface area (Å²) in [6, 6.07) is 12.8. The number of nitrogens with one attached hydrogen (secondary N) is 1. The zero-order valence-electron chi connectivity index (χ0n) is 10.4. The first kappa shape index (κ1) is 13.1. The molecule has 18 heavy (non-hydrogen) atoms. The van der Waals surface area contributed by atoms with E-state index in [9.17, 15) is 4.39 Å². The lowest BCUT2D eigenvalue weighted by Gasteiger charge is -2.18. The molecule has 0 amide bonds. The molecule has 0 heterocycles. The summed E-state index contributed by atoms with van der Waals surface area (Å²) in [4.78, 5) is 0. The highest BCUT2D eigenvalue weighted by Gasteiger charge is 2.10. The van der Waals surface area contributed by atoms with Crippen LogP contribution >= 0.6 is 15.9 Å². The first-order valence-corrected chi connectivity index (χ1v) is 6.64. The van der Waals surface area contributed by atoms with Gasteiger partial charge in [0.2, 0.25) is 0 Å². The molecule has 0 saturated carbocycles. The zero-order chi connectivity index (χ0) is 13.1. The van der Waals surface area contributed by atoms with Crippen LogP contribution in [0.5, 0.6) is 0 Å². The lowest BCUT2D eigenvalue weighted by Crippen LogP contribution is -2.09. The quantitative estimate of drug-likeness (QED) is 0.834. The van der Waals surface area contributed by atoms with E-state index in [-0.39, 0.29) is 11.9 Å². The van der Waals surface area contributed by atoms with Crippen LogP contribution in [0.1, 0.15) is 24.1 Å². The number of halogens is 2. The molecule has 0 spiro atoms. The highest BCUT2D eigenvalue weighted by atomic mass is 79.9. The van der Waals surface area contributed by atoms with Crippen molar-refractivity contribution in [2.75, 3.05) is 5.32 Å². The average Bonchev–Trinajstić information content (AvgIpc) is 2.33. The van der Waals surface area contributed by atoms with E-state index < -0.39 is 0 Å². The third-order valence-corrected chi connectivity index (χ3v) is 3.43. The standard InChI is InChI=1S/C15H15BrFN/c1-10-9-12(16)7-8-15(10)18-11(2)13-5-3-4-6-14(13)17/h3-9,11,18H,1-2H3. The molecule has 94 valence electrons. The minimum absolute atomic E-state index is 0.0638. The van der Waals surface area contributed by atoms with E-state index in [0.29, 0.717) is 5.56 Å². The van der Waals surface area contributed by atoms with Crippen LogP contribution in [0.3, 0.4) is 0 Å². The number of anilines is 1. The fraction of sp³-hybridized carbons (Fsp3) is 0.200. The van der Waals surface area contributed by atoms with E-state index >= 15 is 0 Å². The van der Waals surface area contributed by atoms with Gasteiger partial charge in [-0.15, -0.1) is 0 Å². The summed E-state index contributed by atoms with van der Waals surface area (Å²) in [6.07, 6.45) is 0. The fourth-order valence-electron chi connectivity index (χ4n) is 1.93. The minimum atomic E-state index is -0.174. The lowest BCUT2D eigenvalue weighted by molar-refractivity contribution is 0.600. The maximum absolute atomic E-state index is 13.7. The SMILES string of the molecule is Cc1cc(Br)ccc1NC(C)c1ccccc1F. The largest absolute Gasteiger partial charge is 0.378 e. The molecule has 2 aromatic rings. The molecule has 2 aromatic carbocycles. The second-order valence-electron chi connectivity index (χ2n) is 4.35. The third kappa shape index (κ3) is 2.91. The van der Waals surface area contributed by atoms with Crippen molar-refractivity contribution >= 4 is 21.6 Å². The molecule has 0 bridgehead atoms. The van der Waals surface area contributed by atoms with Crippen molar-refractivity contribution in [1.82, 2.24) is 0 Å². The number of hydrogen-bond donors (Lipinski definition) is 1. The van der Waals surface area contributed by atoms with Crippen molar-refractivity contribution in [3.8, 4) is 0 Å². The van der Waals surface area contributed by atoms with Gasteiger partial charge in [-0.25, -0.2) is 4.39 Å². The Bertz CT molecular complexity index is 554. The highest BCUT2D eigenvalue weighted by molar-refractivity contribution is 9.10. The fourth-order valence-corrected chi connectivity index (χ4v) is 2.40. The first-order valence-electron chi connectivity index (χ1n) is 5.85. The van der Waals surface area contributed by atoms with E-state index in [4.69, 9.17) is 0 Å². The zero-order valence-corrected chi connectivity index (χ0v) is 12.0. The molecule has 0 saturated heterocycles. The molecule has 1 N–H and O–H groups in total. The van der Waals surface area contributed by atoms with Gasteiger partial charge in [-0.1, -0.05) is 34.1 Å². The topological polar surface area (TPSA) is 12.0 Å². The van der Waals surface area contributed by atoms with Crippen molar-refractivity contribution in [3.05, 3.63) is 63.9 Å². The Morgan fingerprint density at radius 2 is 1.89 bits per heavy atom. The summed E-state index contributed by atoms with van der Waals surface area (Å²) in [5.41, 5.74) is 2.83. The second kappa shape index (κ2) is 5.53. The van der Waals surface area contributed by atoms with Crippen molar-refractivity contribution in [2.24, 2.45) is 0 Å². The minimum Gasteiger partial charge on any atom is -0.378 e. The predicted octanol–water partition coefficient (Wildman–Crippen LogP) is 5.07. The number of benzene rings is 2. The Labute approximate surface area is 115 Å². The summed E-state index contributed by atoms with van der Waals surface area (Å²) in [5, 5.41) is 3.33. The Morgan fingerprint density at radius 1 is 1.17 bits per heavy atom. The van der Waals surface area contributed by atoms with Gasteiger partial charge < -0.3 is 5.32 Å². The maximum Gasteiger partial charge on any atom is 0.128 e. The third-order valence-electron chi connectivity index (χ3n) is 2.93. The summed E-state index contributed by atoms with van der Waals surface area (Å²) in [7, 11) is 0. The van der Waals surface area contributed by atoms with Crippen LogP contribution in [0, 0.1) is 12.7 Å². The lowest BCUT2D eigenvalue weighted by atomic mass is 10.1. The van der Waals surface area contributed by atoms with Gasteiger partial charge in [0, 0.05) is 15.7 Å². The Hall–Kier alpha value is -1.35. The Kier molecular flexibility index (Phi) is 4.02. The Morgan fingerprint density at radius 3 is 2.56 bits per heavy atom. The summed E-state index contributed by atoms with van der Waals surface area (Å²) < 4.78 is 14.7. The van der Waals surface area contributed by atoms with Crippen LogP contribution in [0.4, 0.5) is 10.1 Å². The van der Waals surface area contributed by atoms with Crippen molar-refractivity contribution in [1.29, 1.82) is 0 Å².